The number of fused-ring (bicyclic) bond motifs is 3. The maximum Gasteiger partial charge on any atom is 0.306 e. The number of aromatic amines is 1. The summed E-state index contributed by atoms with van der Waals surface area (Å²) >= 11 is 0. The fourth-order valence-corrected chi connectivity index (χ4v) is 3.97. The molecule has 0 aliphatic heterocycles. The second-order valence-corrected chi connectivity index (χ2v) is 7.82. The molecule has 1 N–H and O–H groups in total. The average Bonchev–Trinajstić information content (AvgIpc) is 2.85. The molecule has 1 aromatic heterocycles. The van der Waals surface area contributed by atoms with E-state index in [2.05, 4.69) is 4.98 Å². The van der Waals surface area contributed by atoms with Crippen molar-refractivity contribution in [3.05, 3.63) is 29.2 Å². The molecule has 1 aromatic carbocycles. The van der Waals surface area contributed by atoms with E-state index in [4.69, 9.17) is 4.74 Å². The zero-order chi connectivity index (χ0) is 16.8. The van der Waals surface area contributed by atoms with Gasteiger partial charge in [-0.1, -0.05) is 6.92 Å². The molecular weight excluding hydrogens is 321 g/mol. The minimum absolute atomic E-state index is 0.0672. The van der Waals surface area contributed by atoms with E-state index < -0.39 is 21.8 Å². The van der Waals surface area contributed by atoms with Crippen LogP contribution in [0.15, 0.2) is 17.0 Å². The van der Waals surface area contributed by atoms with Gasteiger partial charge in [0.15, 0.2) is 9.84 Å². The Kier molecular flexibility index (Phi) is 3.91. The van der Waals surface area contributed by atoms with Crippen molar-refractivity contribution < 1.29 is 22.3 Å². The lowest BCUT2D eigenvalue weighted by molar-refractivity contribution is -0.149. The summed E-state index contributed by atoms with van der Waals surface area (Å²) in [6, 6.07) is 2.36. The van der Waals surface area contributed by atoms with Crippen LogP contribution < -0.4 is 0 Å². The van der Waals surface area contributed by atoms with Crippen molar-refractivity contribution in [1.82, 2.24) is 4.98 Å². The molecule has 3 rings (SSSR count). The van der Waals surface area contributed by atoms with Crippen molar-refractivity contribution in [2.45, 2.75) is 43.6 Å². The summed E-state index contributed by atoms with van der Waals surface area (Å²) in [6.45, 7) is 1.72. The van der Waals surface area contributed by atoms with E-state index in [9.17, 15) is 17.6 Å². The number of benzene rings is 1. The van der Waals surface area contributed by atoms with Gasteiger partial charge < -0.3 is 9.72 Å². The third-order valence-electron chi connectivity index (χ3n) is 4.15. The van der Waals surface area contributed by atoms with Crippen LogP contribution in [0.4, 0.5) is 4.39 Å². The van der Waals surface area contributed by atoms with Crippen molar-refractivity contribution in [3.8, 4) is 0 Å². The molecule has 0 saturated carbocycles. The summed E-state index contributed by atoms with van der Waals surface area (Å²) in [6.07, 6.45) is 3.05. The number of nitrogens with one attached hydrogen (secondary N) is 1. The molecule has 23 heavy (non-hydrogen) atoms. The average molecular weight is 339 g/mol. The summed E-state index contributed by atoms with van der Waals surface area (Å²) in [4.78, 5) is 14.6. The van der Waals surface area contributed by atoms with Crippen LogP contribution in [0.25, 0.3) is 10.9 Å². The van der Waals surface area contributed by atoms with Crippen LogP contribution in [0.2, 0.25) is 0 Å². The first kappa shape index (κ1) is 16.0. The monoisotopic (exact) mass is 339 g/mol. The number of sulfone groups is 1. The number of aromatic nitrogens is 1. The summed E-state index contributed by atoms with van der Waals surface area (Å²) in [7, 11) is -3.58. The quantitative estimate of drug-likeness (QED) is 0.872. The molecule has 1 atom stereocenters. The number of hydrogen-bond acceptors (Lipinski definition) is 4. The molecular formula is C16H18FNO4S. The van der Waals surface area contributed by atoms with Gasteiger partial charge in [-0.25, -0.2) is 12.8 Å². The highest BCUT2D eigenvalue weighted by atomic mass is 32.2. The molecule has 0 amide bonds. The third kappa shape index (κ3) is 2.85. The van der Waals surface area contributed by atoms with Crippen molar-refractivity contribution >= 4 is 26.7 Å². The molecule has 124 valence electrons. The molecule has 7 heteroatoms. The van der Waals surface area contributed by atoms with Crippen molar-refractivity contribution in [2.75, 3.05) is 6.26 Å². The summed E-state index contributed by atoms with van der Waals surface area (Å²) in [5.74, 6) is -0.900. The largest absolute Gasteiger partial charge is 0.456 e. The Morgan fingerprint density at radius 1 is 1.43 bits per heavy atom. The first-order valence-corrected chi connectivity index (χ1v) is 9.44. The first-order chi connectivity index (χ1) is 10.8. The lowest BCUT2D eigenvalue weighted by Gasteiger charge is -2.22. The van der Waals surface area contributed by atoms with Crippen LogP contribution in [0.5, 0.6) is 0 Å². The molecule has 1 heterocycles. The normalized spacial score (nSPS) is 18.0. The number of H-pyrrole nitrogens is 1. The van der Waals surface area contributed by atoms with Gasteiger partial charge in [0.2, 0.25) is 0 Å². The number of hydrogen-bond donors (Lipinski definition) is 1. The molecule has 1 aliphatic carbocycles. The second-order valence-electron chi connectivity index (χ2n) is 5.84. The van der Waals surface area contributed by atoms with E-state index in [1.807, 2.05) is 0 Å². The third-order valence-corrected chi connectivity index (χ3v) is 5.27. The number of carbonyl (C=O) groups excluding carboxylic acids is 1. The maximum atomic E-state index is 13.9. The van der Waals surface area contributed by atoms with Gasteiger partial charge in [-0.2, -0.15) is 0 Å². The predicted molar refractivity (Wildman–Crippen MR) is 83.4 cm³/mol. The Hall–Kier alpha value is -1.89. The lowest BCUT2D eigenvalue weighted by atomic mass is 9.93. The fourth-order valence-electron chi connectivity index (χ4n) is 3.11. The smallest absolute Gasteiger partial charge is 0.306 e. The number of halogens is 1. The Morgan fingerprint density at radius 3 is 2.83 bits per heavy atom. The maximum absolute atomic E-state index is 13.9. The van der Waals surface area contributed by atoms with Crippen molar-refractivity contribution in [3.63, 3.8) is 0 Å². The SMILES string of the molecule is CCC(=O)O[C@@H]1CCCc2c1[nH]c1c(S(C)(=O)=O)cc(F)cc21. The van der Waals surface area contributed by atoms with Gasteiger partial charge in [-0.15, -0.1) is 0 Å². The molecule has 1 aliphatic rings. The summed E-state index contributed by atoms with van der Waals surface area (Å²) < 4.78 is 43.2. The highest BCUT2D eigenvalue weighted by Gasteiger charge is 2.29. The van der Waals surface area contributed by atoms with Crippen LogP contribution in [0.1, 0.15) is 43.5 Å². The van der Waals surface area contributed by atoms with E-state index in [-0.39, 0.29) is 17.3 Å². The van der Waals surface area contributed by atoms with Gasteiger partial charge >= 0.3 is 5.97 Å². The fraction of sp³-hybridized carbons (Fsp3) is 0.438. The van der Waals surface area contributed by atoms with E-state index in [0.29, 0.717) is 29.4 Å². The number of ether oxygens (including phenoxy) is 1. The molecule has 5 nitrogen and oxygen atoms in total. The van der Waals surface area contributed by atoms with Gasteiger partial charge in [-0.3, -0.25) is 4.79 Å². The topological polar surface area (TPSA) is 76.2 Å². The molecule has 0 spiro atoms. The number of carbonyl (C=O) groups is 1. The molecule has 0 saturated heterocycles. The Morgan fingerprint density at radius 2 is 2.17 bits per heavy atom. The van der Waals surface area contributed by atoms with Crippen LogP contribution in [0, 0.1) is 5.82 Å². The van der Waals surface area contributed by atoms with Crippen LogP contribution in [-0.2, 0) is 25.8 Å². The number of rotatable bonds is 3. The van der Waals surface area contributed by atoms with E-state index in [1.54, 1.807) is 6.92 Å². The number of esters is 1. The minimum atomic E-state index is -3.58. The molecule has 2 aromatic rings. The van der Waals surface area contributed by atoms with Crippen LogP contribution in [0.3, 0.4) is 0 Å². The summed E-state index contributed by atoms with van der Waals surface area (Å²) in [5, 5.41) is 0.553. The standard InChI is InChI=1S/C16H18FNO4S/c1-3-14(19)22-12-6-4-5-10-11-7-9(17)8-13(23(2,20)21)16(11)18-15(10)12/h7-8,12,18H,3-6H2,1-2H3/t12-/m1/s1. The van der Waals surface area contributed by atoms with Gasteiger partial charge in [0.1, 0.15) is 11.9 Å². The lowest BCUT2D eigenvalue weighted by Crippen LogP contribution is -2.16. The summed E-state index contributed by atoms with van der Waals surface area (Å²) in [5.41, 5.74) is 1.91. The molecule has 0 unspecified atom stereocenters. The van der Waals surface area contributed by atoms with Crippen LogP contribution >= 0.6 is 0 Å². The van der Waals surface area contributed by atoms with Gasteiger partial charge in [-0.05, 0) is 37.0 Å². The predicted octanol–water partition coefficient (Wildman–Crippen LogP) is 3.04. The zero-order valence-corrected chi connectivity index (χ0v) is 13.8. The van der Waals surface area contributed by atoms with Gasteiger partial charge in [0.25, 0.3) is 0 Å². The number of aryl methyl sites for hydroxylation is 1. The zero-order valence-electron chi connectivity index (χ0n) is 13.0. The van der Waals surface area contributed by atoms with Crippen molar-refractivity contribution in [1.29, 1.82) is 0 Å². The molecule has 0 radical (unpaired) electrons. The van der Waals surface area contributed by atoms with Gasteiger partial charge in [0.05, 0.1) is 16.1 Å². The minimum Gasteiger partial charge on any atom is -0.456 e. The molecule has 0 bridgehead atoms. The Balaban J connectivity index is 2.21. The highest BCUT2D eigenvalue weighted by Crippen LogP contribution is 2.39. The second kappa shape index (κ2) is 5.63. The Labute approximate surface area is 133 Å². The van der Waals surface area contributed by atoms with Gasteiger partial charge in [0, 0.05) is 18.1 Å². The van der Waals surface area contributed by atoms with Crippen molar-refractivity contribution in [2.24, 2.45) is 0 Å². The molecule has 0 fully saturated rings. The van der Waals surface area contributed by atoms with E-state index >= 15 is 0 Å². The van der Waals surface area contributed by atoms with E-state index in [1.165, 1.54) is 6.07 Å². The van der Waals surface area contributed by atoms with E-state index in [0.717, 1.165) is 24.3 Å². The first-order valence-electron chi connectivity index (χ1n) is 7.54. The highest BCUT2D eigenvalue weighted by molar-refractivity contribution is 7.91. The van der Waals surface area contributed by atoms with Crippen LogP contribution in [-0.4, -0.2) is 25.6 Å². The Bertz CT molecular complexity index is 885.